The molecule has 43 heavy (non-hydrogen) atoms. The molecule has 228 valence electrons. The van der Waals surface area contributed by atoms with E-state index in [0.717, 1.165) is 78.9 Å². The highest BCUT2D eigenvalue weighted by atomic mass is 16.6. The van der Waals surface area contributed by atoms with Crippen LogP contribution in [0.4, 0.5) is 0 Å². The van der Waals surface area contributed by atoms with Crippen LogP contribution in [0, 0.1) is 11.8 Å². The zero-order chi connectivity index (χ0) is 30.2. The second-order valence-electron chi connectivity index (χ2n) is 13.6. The van der Waals surface area contributed by atoms with Crippen LogP contribution in [-0.4, -0.2) is 66.6 Å². The minimum Gasteiger partial charge on any atom is -0.497 e. The lowest BCUT2D eigenvalue weighted by Crippen LogP contribution is -2.69. The summed E-state index contributed by atoms with van der Waals surface area (Å²) in [5.74, 6) is 1.73. The number of esters is 1. The summed E-state index contributed by atoms with van der Waals surface area (Å²) in [6.45, 7) is 9.34. The molecule has 6 rings (SSSR count). The fourth-order valence-electron chi connectivity index (χ4n) is 7.95. The van der Waals surface area contributed by atoms with E-state index in [1.807, 2.05) is 36.4 Å². The fourth-order valence-corrected chi connectivity index (χ4v) is 7.95. The van der Waals surface area contributed by atoms with Crippen molar-refractivity contribution in [2.75, 3.05) is 33.3 Å². The molecule has 1 aliphatic heterocycles. The Kier molecular flexibility index (Phi) is 8.25. The van der Waals surface area contributed by atoms with Gasteiger partial charge in [-0.15, -0.1) is 0 Å². The molecule has 6 heteroatoms. The molecule has 6 nitrogen and oxygen atoms in total. The van der Waals surface area contributed by atoms with Crippen LogP contribution in [0.5, 0.6) is 5.75 Å². The van der Waals surface area contributed by atoms with Crippen molar-refractivity contribution in [1.29, 1.82) is 0 Å². The number of hydrogen-bond donors (Lipinski definition) is 0. The molecule has 0 N–H and O–H groups in total. The lowest BCUT2D eigenvalue weighted by Gasteiger charge is -2.60. The molecule has 3 atom stereocenters. The monoisotopic (exact) mass is 582 g/mol. The Morgan fingerprint density at radius 1 is 0.977 bits per heavy atom. The molecule has 0 bridgehead atoms. The first kappa shape index (κ1) is 29.7. The van der Waals surface area contributed by atoms with Crippen LogP contribution in [0.25, 0.3) is 10.8 Å². The summed E-state index contributed by atoms with van der Waals surface area (Å²) in [6.07, 6.45) is 5.72. The number of ether oxygens (including phenoxy) is 2. The van der Waals surface area contributed by atoms with E-state index in [2.05, 4.69) is 54.0 Å². The van der Waals surface area contributed by atoms with Gasteiger partial charge in [-0.1, -0.05) is 56.3 Å². The second kappa shape index (κ2) is 12.0. The van der Waals surface area contributed by atoms with E-state index in [9.17, 15) is 9.59 Å². The standard InChI is InChI=1S/C37H46N2O4/c1-26(2)23-39(35(41)31-15-14-29-8-5-6-9-30(29)20-31)33-16-17-37(43-27(3)40)25-38(24-28-12-13-28)19-18-36(37,22-33)32-10-7-11-34(21-32)42-4/h5-11,14-15,20-21,26,28,33H,12-13,16-19,22-25H2,1-4H3/t33-,36+,37+/m1/s1. The van der Waals surface area contributed by atoms with Crippen molar-refractivity contribution >= 4 is 22.6 Å². The molecule has 0 aromatic heterocycles. The molecule has 0 radical (unpaired) electrons. The molecule has 0 unspecified atom stereocenters. The Bertz CT molecular complexity index is 1480. The van der Waals surface area contributed by atoms with E-state index < -0.39 is 11.0 Å². The second-order valence-corrected chi connectivity index (χ2v) is 13.6. The predicted molar refractivity (Wildman–Crippen MR) is 170 cm³/mol. The van der Waals surface area contributed by atoms with E-state index >= 15 is 0 Å². The molecule has 3 aromatic rings. The number of carbonyl (C=O) groups is 2. The van der Waals surface area contributed by atoms with E-state index in [1.54, 1.807) is 14.0 Å². The van der Waals surface area contributed by atoms with Gasteiger partial charge >= 0.3 is 5.97 Å². The molecule has 3 aliphatic rings. The summed E-state index contributed by atoms with van der Waals surface area (Å²) in [4.78, 5) is 31.9. The van der Waals surface area contributed by atoms with Gasteiger partial charge in [0, 0.05) is 43.6 Å². The molecule has 3 aromatic carbocycles. The van der Waals surface area contributed by atoms with Crippen LogP contribution in [0.15, 0.2) is 66.7 Å². The Morgan fingerprint density at radius 2 is 1.77 bits per heavy atom. The first-order chi connectivity index (χ1) is 20.7. The van der Waals surface area contributed by atoms with Crippen LogP contribution < -0.4 is 4.74 Å². The molecule has 0 spiro atoms. The SMILES string of the molecule is COc1cccc([C@@]23CCN(CC4CC4)C[C@@]2(OC(C)=O)CC[C@@H](N(CC(C)C)C(=O)c2ccc4ccccc4c2)C3)c1. The normalized spacial score (nSPS) is 25.7. The smallest absolute Gasteiger partial charge is 0.303 e. The van der Waals surface area contributed by atoms with Crippen molar-refractivity contribution in [3.8, 4) is 5.75 Å². The third-order valence-electron chi connectivity index (χ3n) is 10.1. The van der Waals surface area contributed by atoms with Crippen molar-refractivity contribution in [2.45, 2.75) is 76.4 Å². The predicted octanol–water partition coefficient (Wildman–Crippen LogP) is 6.85. The Balaban J connectivity index is 1.40. The number of likely N-dealkylation sites (tertiary alicyclic amines) is 1. The Morgan fingerprint density at radius 3 is 2.49 bits per heavy atom. The highest BCUT2D eigenvalue weighted by Gasteiger charge is 2.61. The first-order valence-corrected chi connectivity index (χ1v) is 16.1. The van der Waals surface area contributed by atoms with Gasteiger partial charge in [0.1, 0.15) is 11.4 Å². The van der Waals surface area contributed by atoms with Crippen molar-refractivity contribution < 1.29 is 19.1 Å². The number of piperidine rings is 1. The molecule has 1 saturated heterocycles. The topological polar surface area (TPSA) is 59.1 Å². The van der Waals surface area contributed by atoms with Crippen LogP contribution >= 0.6 is 0 Å². The van der Waals surface area contributed by atoms with Crippen LogP contribution in [0.2, 0.25) is 0 Å². The largest absolute Gasteiger partial charge is 0.497 e. The molecule has 2 aliphatic carbocycles. The number of carbonyl (C=O) groups excluding carboxylic acids is 2. The van der Waals surface area contributed by atoms with E-state index in [1.165, 1.54) is 12.8 Å². The lowest BCUT2D eigenvalue weighted by atomic mass is 9.54. The maximum Gasteiger partial charge on any atom is 0.303 e. The third-order valence-corrected chi connectivity index (χ3v) is 10.1. The fraction of sp³-hybridized carbons (Fsp3) is 0.514. The van der Waals surface area contributed by atoms with Gasteiger partial charge in [-0.25, -0.2) is 0 Å². The average Bonchev–Trinajstić information content (AvgIpc) is 3.82. The third kappa shape index (κ3) is 5.91. The number of rotatable bonds is 9. The zero-order valence-corrected chi connectivity index (χ0v) is 26.2. The van der Waals surface area contributed by atoms with Crippen molar-refractivity contribution in [3.05, 3.63) is 77.9 Å². The van der Waals surface area contributed by atoms with E-state index in [-0.39, 0.29) is 17.9 Å². The maximum atomic E-state index is 14.4. The average molecular weight is 583 g/mol. The van der Waals surface area contributed by atoms with Crippen molar-refractivity contribution in [1.82, 2.24) is 9.80 Å². The highest BCUT2D eigenvalue weighted by Crippen LogP contribution is 2.55. The summed E-state index contributed by atoms with van der Waals surface area (Å²) in [6, 6.07) is 22.6. The summed E-state index contributed by atoms with van der Waals surface area (Å²) in [7, 11) is 1.70. The highest BCUT2D eigenvalue weighted by molar-refractivity contribution is 5.98. The maximum absolute atomic E-state index is 14.4. The molecule has 1 heterocycles. The van der Waals surface area contributed by atoms with Gasteiger partial charge in [0.25, 0.3) is 5.91 Å². The van der Waals surface area contributed by atoms with E-state index in [0.29, 0.717) is 12.5 Å². The van der Waals surface area contributed by atoms with Gasteiger partial charge in [-0.2, -0.15) is 0 Å². The van der Waals surface area contributed by atoms with Gasteiger partial charge in [-0.05, 0) is 97.5 Å². The quantitative estimate of drug-likeness (QED) is 0.258. The van der Waals surface area contributed by atoms with E-state index in [4.69, 9.17) is 9.47 Å². The summed E-state index contributed by atoms with van der Waals surface area (Å²) in [5.41, 5.74) is 0.775. The molecule has 2 saturated carbocycles. The molecular weight excluding hydrogens is 536 g/mol. The number of methoxy groups -OCH3 is 1. The Hall–Kier alpha value is -3.38. The minimum absolute atomic E-state index is 0.0197. The number of amides is 1. The van der Waals surface area contributed by atoms with Gasteiger partial charge in [0.15, 0.2) is 0 Å². The van der Waals surface area contributed by atoms with Crippen LogP contribution in [0.1, 0.15) is 75.2 Å². The number of nitrogens with zero attached hydrogens (tertiary/aromatic N) is 2. The van der Waals surface area contributed by atoms with Gasteiger partial charge in [-0.3, -0.25) is 14.5 Å². The van der Waals surface area contributed by atoms with Gasteiger partial charge < -0.3 is 14.4 Å². The summed E-state index contributed by atoms with van der Waals surface area (Å²) in [5, 5.41) is 2.21. The van der Waals surface area contributed by atoms with Crippen molar-refractivity contribution in [2.24, 2.45) is 11.8 Å². The van der Waals surface area contributed by atoms with Gasteiger partial charge in [0.05, 0.1) is 7.11 Å². The van der Waals surface area contributed by atoms with Crippen LogP contribution in [-0.2, 0) is 14.9 Å². The molecule has 1 amide bonds. The molecule has 3 fully saturated rings. The lowest BCUT2D eigenvalue weighted by molar-refractivity contribution is -0.189. The Labute approximate surface area is 256 Å². The summed E-state index contributed by atoms with van der Waals surface area (Å²) >= 11 is 0. The van der Waals surface area contributed by atoms with Crippen LogP contribution in [0.3, 0.4) is 0 Å². The van der Waals surface area contributed by atoms with Crippen molar-refractivity contribution in [3.63, 3.8) is 0 Å². The first-order valence-electron chi connectivity index (χ1n) is 16.1. The minimum atomic E-state index is -0.662. The number of benzene rings is 3. The number of fused-ring (bicyclic) bond motifs is 2. The number of hydrogen-bond acceptors (Lipinski definition) is 5. The van der Waals surface area contributed by atoms with Gasteiger partial charge in [0.2, 0.25) is 0 Å². The zero-order valence-electron chi connectivity index (χ0n) is 26.2. The molecular formula is C37H46N2O4. The summed E-state index contributed by atoms with van der Waals surface area (Å²) < 4.78 is 12.2.